The second kappa shape index (κ2) is 3.99. The third-order valence-corrected chi connectivity index (χ3v) is 2.82. The molecule has 0 aliphatic carbocycles. The normalized spacial score (nSPS) is 11.0. The Morgan fingerprint density at radius 3 is 2.83 bits per heavy atom. The molecule has 3 aromatic rings. The largest absolute Gasteiger partial charge is 0.435 e. The molecule has 0 aliphatic rings. The van der Waals surface area contributed by atoms with Crippen LogP contribution in [0.3, 0.4) is 0 Å². The number of hydrogen-bond donors (Lipinski definition) is 1. The lowest BCUT2D eigenvalue weighted by Gasteiger charge is -1.94. The highest BCUT2D eigenvalue weighted by atomic mass is 35.5. The number of nitrogens with zero attached hydrogens (tertiary/aromatic N) is 1. The van der Waals surface area contributed by atoms with E-state index in [0.717, 1.165) is 0 Å². The van der Waals surface area contributed by atoms with Crippen molar-refractivity contribution in [1.29, 1.82) is 0 Å². The minimum absolute atomic E-state index is 0.317. The zero-order chi connectivity index (χ0) is 12.7. The fourth-order valence-electron chi connectivity index (χ4n) is 1.76. The maximum Gasteiger partial charge on any atom is 0.227 e. The number of fused-ring (bicyclic) bond motifs is 1. The Hall–Kier alpha value is -2.07. The first kappa shape index (κ1) is 11.0. The second-order valence-electron chi connectivity index (χ2n) is 3.88. The number of benzene rings is 2. The highest BCUT2D eigenvalue weighted by Gasteiger charge is 2.12. The average molecular weight is 263 g/mol. The molecule has 0 amide bonds. The molecule has 0 saturated heterocycles. The number of nitrogen functional groups attached to an aromatic ring is 1. The Morgan fingerprint density at radius 2 is 2.06 bits per heavy atom. The molecule has 2 aromatic carbocycles. The van der Waals surface area contributed by atoms with Gasteiger partial charge in [-0.05, 0) is 30.3 Å². The van der Waals surface area contributed by atoms with E-state index in [2.05, 4.69) is 4.98 Å². The van der Waals surface area contributed by atoms with E-state index in [0.29, 0.717) is 33.3 Å². The number of anilines is 1. The van der Waals surface area contributed by atoms with E-state index in [1.807, 2.05) is 0 Å². The Morgan fingerprint density at radius 1 is 1.22 bits per heavy atom. The van der Waals surface area contributed by atoms with Crippen LogP contribution < -0.4 is 5.73 Å². The van der Waals surface area contributed by atoms with Gasteiger partial charge in [0.1, 0.15) is 11.3 Å². The first-order chi connectivity index (χ1) is 8.63. The standard InChI is InChI=1S/C13H8ClFN2O/c14-10-5-9(16)6-11-12(10)18-13(17-11)7-2-1-3-8(15)4-7/h1-6H,16H2. The van der Waals surface area contributed by atoms with Gasteiger partial charge in [0.05, 0.1) is 5.02 Å². The molecule has 3 rings (SSSR count). The number of nitrogens with two attached hydrogens (primary N) is 1. The molecule has 0 radical (unpaired) electrons. The summed E-state index contributed by atoms with van der Waals surface area (Å²) in [6, 6.07) is 9.26. The third kappa shape index (κ3) is 1.80. The van der Waals surface area contributed by atoms with Gasteiger partial charge in [-0.3, -0.25) is 0 Å². The predicted octanol–water partition coefficient (Wildman–Crippen LogP) is 3.87. The summed E-state index contributed by atoms with van der Waals surface area (Å²) in [5, 5.41) is 0.389. The highest BCUT2D eigenvalue weighted by molar-refractivity contribution is 6.35. The Labute approximate surface area is 107 Å². The smallest absolute Gasteiger partial charge is 0.227 e. The molecule has 0 unspecified atom stereocenters. The molecule has 0 bridgehead atoms. The maximum atomic E-state index is 13.1. The number of hydrogen-bond acceptors (Lipinski definition) is 3. The SMILES string of the molecule is Nc1cc(Cl)c2oc(-c3cccc(F)c3)nc2c1. The van der Waals surface area contributed by atoms with Crippen LogP contribution in [0.1, 0.15) is 0 Å². The van der Waals surface area contributed by atoms with Crippen molar-refractivity contribution in [1.82, 2.24) is 4.98 Å². The number of halogens is 2. The first-order valence-electron chi connectivity index (χ1n) is 5.25. The van der Waals surface area contributed by atoms with Gasteiger partial charge in [-0.15, -0.1) is 0 Å². The van der Waals surface area contributed by atoms with E-state index in [1.165, 1.54) is 12.1 Å². The van der Waals surface area contributed by atoms with Crippen LogP contribution in [0.25, 0.3) is 22.6 Å². The average Bonchev–Trinajstić information content (AvgIpc) is 2.73. The molecular weight excluding hydrogens is 255 g/mol. The van der Waals surface area contributed by atoms with Gasteiger partial charge in [0, 0.05) is 11.3 Å². The quantitative estimate of drug-likeness (QED) is 0.677. The van der Waals surface area contributed by atoms with E-state index in [-0.39, 0.29) is 5.82 Å². The van der Waals surface area contributed by atoms with Gasteiger partial charge in [0.2, 0.25) is 5.89 Å². The van der Waals surface area contributed by atoms with E-state index >= 15 is 0 Å². The molecule has 5 heteroatoms. The van der Waals surface area contributed by atoms with Crippen molar-refractivity contribution in [2.45, 2.75) is 0 Å². The molecule has 0 spiro atoms. The molecule has 1 heterocycles. The summed E-state index contributed by atoms with van der Waals surface area (Å²) in [6.07, 6.45) is 0. The van der Waals surface area contributed by atoms with E-state index < -0.39 is 0 Å². The summed E-state index contributed by atoms with van der Waals surface area (Å²) in [4.78, 5) is 4.25. The summed E-state index contributed by atoms with van der Waals surface area (Å²) in [7, 11) is 0. The Kier molecular flexibility index (Phi) is 2.45. The summed E-state index contributed by atoms with van der Waals surface area (Å²) < 4.78 is 18.7. The van der Waals surface area contributed by atoms with Gasteiger partial charge in [0.25, 0.3) is 0 Å². The lowest BCUT2D eigenvalue weighted by Crippen LogP contribution is -1.83. The molecule has 0 atom stereocenters. The van der Waals surface area contributed by atoms with Crippen LogP contribution in [-0.4, -0.2) is 4.98 Å². The molecule has 2 N–H and O–H groups in total. The van der Waals surface area contributed by atoms with Crippen molar-refractivity contribution in [2.75, 3.05) is 5.73 Å². The van der Waals surface area contributed by atoms with Crippen LogP contribution in [0.15, 0.2) is 40.8 Å². The zero-order valence-corrected chi connectivity index (χ0v) is 9.91. The minimum Gasteiger partial charge on any atom is -0.435 e. The monoisotopic (exact) mass is 262 g/mol. The van der Waals surface area contributed by atoms with Gasteiger partial charge in [0.15, 0.2) is 5.58 Å². The highest BCUT2D eigenvalue weighted by Crippen LogP contribution is 2.31. The number of oxazole rings is 1. The topological polar surface area (TPSA) is 52.0 Å². The van der Waals surface area contributed by atoms with Crippen LogP contribution in [0.4, 0.5) is 10.1 Å². The van der Waals surface area contributed by atoms with Gasteiger partial charge in [-0.2, -0.15) is 0 Å². The first-order valence-corrected chi connectivity index (χ1v) is 5.63. The summed E-state index contributed by atoms with van der Waals surface area (Å²) in [6.45, 7) is 0. The summed E-state index contributed by atoms with van der Waals surface area (Å²) in [5.74, 6) is -0.0302. The maximum absolute atomic E-state index is 13.1. The summed E-state index contributed by atoms with van der Waals surface area (Å²) >= 11 is 6.01. The van der Waals surface area contributed by atoms with Crippen molar-refractivity contribution in [3.05, 3.63) is 47.2 Å². The fourth-order valence-corrected chi connectivity index (χ4v) is 2.02. The lowest BCUT2D eigenvalue weighted by atomic mass is 10.2. The van der Waals surface area contributed by atoms with E-state index in [4.69, 9.17) is 21.8 Å². The molecule has 1 aromatic heterocycles. The van der Waals surface area contributed by atoms with Crippen LogP contribution >= 0.6 is 11.6 Å². The lowest BCUT2D eigenvalue weighted by molar-refractivity contribution is 0.611. The van der Waals surface area contributed by atoms with Gasteiger partial charge >= 0.3 is 0 Å². The molecule has 0 aliphatic heterocycles. The Balaban J connectivity index is 2.22. The van der Waals surface area contributed by atoms with Crippen LogP contribution in [0, 0.1) is 5.82 Å². The van der Waals surface area contributed by atoms with Crippen molar-refractivity contribution >= 4 is 28.4 Å². The molecule has 0 saturated carbocycles. The number of aromatic nitrogens is 1. The van der Waals surface area contributed by atoms with Crippen LogP contribution in [0.5, 0.6) is 0 Å². The molecule has 90 valence electrons. The van der Waals surface area contributed by atoms with E-state index in [1.54, 1.807) is 24.3 Å². The van der Waals surface area contributed by atoms with Crippen LogP contribution in [0.2, 0.25) is 5.02 Å². The Bertz CT molecular complexity index is 739. The minimum atomic E-state index is -0.347. The van der Waals surface area contributed by atoms with Crippen molar-refractivity contribution in [2.24, 2.45) is 0 Å². The predicted molar refractivity (Wildman–Crippen MR) is 68.8 cm³/mol. The molecule has 3 nitrogen and oxygen atoms in total. The van der Waals surface area contributed by atoms with Crippen molar-refractivity contribution in [3.63, 3.8) is 0 Å². The molecule has 18 heavy (non-hydrogen) atoms. The fraction of sp³-hybridized carbons (Fsp3) is 0. The van der Waals surface area contributed by atoms with Gasteiger partial charge in [-0.1, -0.05) is 17.7 Å². The summed E-state index contributed by atoms with van der Waals surface area (Å²) in [5.41, 5.74) is 7.74. The molecular formula is C13H8ClFN2O. The van der Waals surface area contributed by atoms with Crippen molar-refractivity contribution in [3.8, 4) is 11.5 Å². The third-order valence-electron chi connectivity index (χ3n) is 2.54. The van der Waals surface area contributed by atoms with E-state index in [9.17, 15) is 4.39 Å². The zero-order valence-electron chi connectivity index (χ0n) is 9.15. The van der Waals surface area contributed by atoms with Gasteiger partial charge in [-0.25, -0.2) is 9.37 Å². The number of rotatable bonds is 1. The van der Waals surface area contributed by atoms with Crippen molar-refractivity contribution < 1.29 is 8.81 Å². The van der Waals surface area contributed by atoms with Crippen LogP contribution in [-0.2, 0) is 0 Å². The molecule has 0 fully saturated rings. The second-order valence-corrected chi connectivity index (χ2v) is 4.29. The van der Waals surface area contributed by atoms with Gasteiger partial charge < -0.3 is 10.2 Å².